The molecule has 3 nitrogen and oxygen atoms in total. The van der Waals surface area contributed by atoms with Crippen LogP contribution in [0.3, 0.4) is 0 Å². The zero-order chi connectivity index (χ0) is 10.8. The second kappa shape index (κ2) is 4.18. The molecule has 1 aromatic rings. The van der Waals surface area contributed by atoms with Crippen molar-refractivity contribution in [3.63, 3.8) is 0 Å². The SMILES string of the molecule is Cc1nc(NCC(F)(F)CN)sc1C. The molecule has 1 heterocycles. The number of nitrogens with one attached hydrogen (secondary N) is 1. The number of rotatable bonds is 4. The van der Waals surface area contributed by atoms with Gasteiger partial charge in [0.15, 0.2) is 5.13 Å². The largest absolute Gasteiger partial charge is 0.355 e. The fraction of sp³-hybridized carbons (Fsp3) is 0.625. The van der Waals surface area contributed by atoms with Crippen molar-refractivity contribution in [1.29, 1.82) is 0 Å². The Hall–Kier alpha value is -0.750. The molecule has 0 fully saturated rings. The average Bonchev–Trinajstić information content (AvgIpc) is 2.44. The van der Waals surface area contributed by atoms with Crippen molar-refractivity contribution in [2.75, 3.05) is 18.4 Å². The van der Waals surface area contributed by atoms with Gasteiger partial charge in [0.1, 0.15) is 0 Å². The van der Waals surface area contributed by atoms with Crippen molar-refractivity contribution < 1.29 is 8.78 Å². The summed E-state index contributed by atoms with van der Waals surface area (Å²) in [5.41, 5.74) is 5.77. The van der Waals surface area contributed by atoms with Crippen molar-refractivity contribution in [1.82, 2.24) is 4.98 Å². The van der Waals surface area contributed by atoms with Gasteiger partial charge in [0.2, 0.25) is 0 Å². The number of anilines is 1. The molecule has 0 amide bonds. The van der Waals surface area contributed by atoms with E-state index in [0.29, 0.717) is 5.13 Å². The van der Waals surface area contributed by atoms with Gasteiger partial charge in [0.05, 0.1) is 18.8 Å². The number of nitrogens with zero attached hydrogens (tertiary/aromatic N) is 1. The van der Waals surface area contributed by atoms with E-state index in [1.807, 2.05) is 13.8 Å². The smallest absolute Gasteiger partial charge is 0.276 e. The van der Waals surface area contributed by atoms with Crippen LogP contribution in [0.4, 0.5) is 13.9 Å². The number of aromatic nitrogens is 1. The molecule has 0 atom stereocenters. The first-order valence-corrected chi connectivity index (χ1v) is 5.02. The van der Waals surface area contributed by atoms with E-state index in [0.717, 1.165) is 10.6 Å². The maximum absolute atomic E-state index is 12.7. The second-order valence-electron chi connectivity index (χ2n) is 3.07. The lowest BCUT2D eigenvalue weighted by Gasteiger charge is -2.13. The summed E-state index contributed by atoms with van der Waals surface area (Å²) in [6.07, 6.45) is 0. The lowest BCUT2D eigenvalue weighted by Crippen LogP contribution is -2.35. The standard InChI is InChI=1S/C8H13F2N3S/c1-5-6(2)14-7(13-5)12-4-8(9,10)3-11/h3-4,11H2,1-2H3,(H,12,13). The van der Waals surface area contributed by atoms with Crippen LogP contribution in [-0.4, -0.2) is 24.0 Å². The predicted molar refractivity (Wildman–Crippen MR) is 54.1 cm³/mol. The van der Waals surface area contributed by atoms with Gasteiger partial charge in [-0.3, -0.25) is 0 Å². The zero-order valence-electron chi connectivity index (χ0n) is 8.10. The molecule has 0 spiro atoms. The third kappa shape index (κ3) is 2.88. The molecular formula is C8H13F2N3S. The number of aryl methyl sites for hydroxylation is 2. The first-order chi connectivity index (χ1) is 6.44. The molecule has 6 heteroatoms. The Bertz CT molecular complexity index is 292. The summed E-state index contributed by atoms with van der Waals surface area (Å²) in [6.45, 7) is 2.64. The third-order valence-electron chi connectivity index (χ3n) is 1.83. The van der Waals surface area contributed by atoms with Crippen LogP contribution < -0.4 is 11.1 Å². The van der Waals surface area contributed by atoms with Crippen LogP contribution in [0.25, 0.3) is 0 Å². The Morgan fingerprint density at radius 1 is 1.50 bits per heavy atom. The average molecular weight is 221 g/mol. The molecule has 14 heavy (non-hydrogen) atoms. The fourth-order valence-corrected chi connectivity index (χ4v) is 1.64. The highest BCUT2D eigenvalue weighted by molar-refractivity contribution is 7.15. The first-order valence-electron chi connectivity index (χ1n) is 4.20. The molecule has 0 saturated carbocycles. The number of hydrogen-bond acceptors (Lipinski definition) is 4. The van der Waals surface area contributed by atoms with E-state index in [1.54, 1.807) is 0 Å². The minimum Gasteiger partial charge on any atom is -0.355 e. The summed E-state index contributed by atoms with van der Waals surface area (Å²) in [6, 6.07) is 0. The van der Waals surface area contributed by atoms with E-state index in [1.165, 1.54) is 11.3 Å². The number of nitrogens with two attached hydrogens (primary N) is 1. The van der Waals surface area contributed by atoms with Crippen LogP contribution in [0.1, 0.15) is 10.6 Å². The molecule has 0 aliphatic carbocycles. The maximum atomic E-state index is 12.7. The number of halogens is 2. The Balaban J connectivity index is 2.54. The highest BCUT2D eigenvalue weighted by atomic mass is 32.1. The van der Waals surface area contributed by atoms with E-state index in [2.05, 4.69) is 10.3 Å². The molecule has 0 bridgehead atoms. The van der Waals surface area contributed by atoms with Crippen molar-refractivity contribution in [2.24, 2.45) is 5.73 Å². The summed E-state index contributed by atoms with van der Waals surface area (Å²) >= 11 is 1.37. The van der Waals surface area contributed by atoms with Crippen LogP contribution in [0.5, 0.6) is 0 Å². The molecule has 0 saturated heterocycles. The molecule has 0 aliphatic rings. The third-order valence-corrected chi connectivity index (χ3v) is 2.86. The second-order valence-corrected chi connectivity index (χ2v) is 4.28. The van der Waals surface area contributed by atoms with Gasteiger partial charge in [-0.25, -0.2) is 13.8 Å². The Morgan fingerprint density at radius 2 is 2.14 bits per heavy atom. The molecule has 0 radical (unpaired) electrons. The molecule has 0 aliphatic heterocycles. The summed E-state index contributed by atoms with van der Waals surface area (Å²) < 4.78 is 25.5. The van der Waals surface area contributed by atoms with Gasteiger partial charge < -0.3 is 11.1 Å². The van der Waals surface area contributed by atoms with Gasteiger partial charge in [-0.2, -0.15) is 0 Å². The molecule has 0 unspecified atom stereocenters. The minimum atomic E-state index is -2.87. The van der Waals surface area contributed by atoms with Crippen molar-refractivity contribution >= 4 is 16.5 Å². The number of hydrogen-bond donors (Lipinski definition) is 2. The summed E-state index contributed by atoms with van der Waals surface area (Å²) in [4.78, 5) is 5.11. The summed E-state index contributed by atoms with van der Waals surface area (Å²) in [7, 11) is 0. The van der Waals surface area contributed by atoms with Crippen LogP contribution in [0.15, 0.2) is 0 Å². The topological polar surface area (TPSA) is 50.9 Å². The van der Waals surface area contributed by atoms with Gasteiger partial charge in [-0.1, -0.05) is 0 Å². The summed E-state index contributed by atoms with van der Waals surface area (Å²) in [5, 5.41) is 3.10. The van der Waals surface area contributed by atoms with E-state index < -0.39 is 19.0 Å². The van der Waals surface area contributed by atoms with Gasteiger partial charge in [-0.05, 0) is 13.8 Å². The van der Waals surface area contributed by atoms with E-state index in [9.17, 15) is 8.78 Å². The molecule has 80 valence electrons. The lowest BCUT2D eigenvalue weighted by atomic mass is 10.3. The van der Waals surface area contributed by atoms with Crippen LogP contribution in [0.2, 0.25) is 0 Å². The van der Waals surface area contributed by atoms with Gasteiger partial charge in [0, 0.05) is 4.88 Å². The lowest BCUT2D eigenvalue weighted by molar-refractivity contribution is 0.0254. The summed E-state index contributed by atoms with van der Waals surface area (Å²) in [5.74, 6) is -2.87. The Labute approximate surface area is 85.3 Å². The normalized spacial score (nSPS) is 11.8. The monoisotopic (exact) mass is 221 g/mol. The van der Waals surface area contributed by atoms with E-state index in [4.69, 9.17) is 5.73 Å². The minimum absolute atomic E-state index is 0.462. The van der Waals surface area contributed by atoms with Crippen molar-refractivity contribution in [3.8, 4) is 0 Å². The molecule has 3 N–H and O–H groups in total. The first kappa shape index (κ1) is 11.3. The molecule has 0 aromatic carbocycles. The van der Waals surface area contributed by atoms with E-state index in [-0.39, 0.29) is 0 Å². The zero-order valence-corrected chi connectivity index (χ0v) is 8.92. The number of thiazole rings is 1. The highest BCUT2D eigenvalue weighted by Crippen LogP contribution is 2.22. The highest BCUT2D eigenvalue weighted by Gasteiger charge is 2.26. The quantitative estimate of drug-likeness (QED) is 0.814. The van der Waals surface area contributed by atoms with Crippen LogP contribution in [0, 0.1) is 13.8 Å². The van der Waals surface area contributed by atoms with Crippen LogP contribution >= 0.6 is 11.3 Å². The fourth-order valence-electron chi connectivity index (χ4n) is 0.825. The molecule has 1 rings (SSSR count). The Kier molecular flexibility index (Phi) is 3.38. The van der Waals surface area contributed by atoms with Crippen molar-refractivity contribution in [3.05, 3.63) is 10.6 Å². The molecular weight excluding hydrogens is 208 g/mol. The number of alkyl halides is 2. The maximum Gasteiger partial charge on any atom is 0.276 e. The van der Waals surface area contributed by atoms with Crippen molar-refractivity contribution in [2.45, 2.75) is 19.8 Å². The predicted octanol–water partition coefficient (Wildman–Crippen LogP) is 1.77. The van der Waals surface area contributed by atoms with Crippen LogP contribution in [-0.2, 0) is 0 Å². The van der Waals surface area contributed by atoms with Gasteiger partial charge >= 0.3 is 0 Å². The Morgan fingerprint density at radius 3 is 2.57 bits per heavy atom. The van der Waals surface area contributed by atoms with Gasteiger partial charge in [0.25, 0.3) is 5.92 Å². The van der Waals surface area contributed by atoms with E-state index >= 15 is 0 Å². The van der Waals surface area contributed by atoms with Gasteiger partial charge in [-0.15, -0.1) is 11.3 Å². The molecule has 1 aromatic heterocycles.